The molecule has 24 nitrogen and oxygen atoms in total. The fourth-order valence-corrected chi connectivity index (χ4v) is 12.4. The molecule has 1 aliphatic carbocycles. The molecule has 3 aliphatic rings. The van der Waals surface area contributed by atoms with Gasteiger partial charge in [-0.1, -0.05) is 97.9 Å². The van der Waals surface area contributed by atoms with Gasteiger partial charge < -0.3 is 65.4 Å². The number of nitrogens with zero attached hydrogens (tertiary/aromatic N) is 3. The minimum atomic E-state index is -2.09. The predicted octanol–water partition coefficient (Wildman–Crippen LogP) is 7.38. The lowest BCUT2D eigenvalue weighted by atomic mass is 9.86. The maximum absolute atomic E-state index is 15.0. The second-order valence-electron chi connectivity index (χ2n) is 25.7. The van der Waals surface area contributed by atoms with Gasteiger partial charge >= 0.3 is 24.1 Å². The second-order valence-corrected chi connectivity index (χ2v) is 25.7. The predicted molar refractivity (Wildman–Crippen MR) is 358 cm³/mol. The molecular formula is C73H77F2N9O15. The zero-order valence-corrected chi connectivity index (χ0v) is 55.5. The topological polar surface area (TPSA) is 321 Å². The van der Waals surface area contributed by atoms with Gasteiger partial charge in [-0.15, -0.1) is 0 Å². The molecule has 7 N–H and O–H groups in total. The number of hydrogen-bond donors (Lipinski definition) is 7. The van der Waals surface area contributed by atoms with Crippen molar-refractivity contribution in [1.82, 2.24) is 41.0 Å². The summed E-state index contributed by atoms with van der Waals surface area (Å²) in [4.78, 5) is 140. The van der Waals surface area contributed by atoms with Crippen LogP contribution in [0.25, 0.3) is 33.4 Å². The first-order valence-corrected chi connectivity index (χ1v) is 32.6. The van der Waals surface area contributed by atoms with Crippen LogP contribution in [0.5, 0.6) is 0 Å². The third-order valence-corrected chi connectivity index (χ3v) is 17.4. The third kappa shape index (κ3) is 16.7. The number of amides is 7. The number of esters is 2. The molecule has 5 aromatic carbocycles. The number of ether oxygens (including phenoxy) is 4. The third-order valence-electron chi connectivity index (χ3n) is 17.4. The zero-order valence-electron chi connectivity index (χ0n) is 55.5. The van der Waals surface area contributed by atoms with Crippen LogP contribution in [-0.4, -0.2) is 130 Å². The maximum Gasteiger partial charge on any atom is 0.410 e. The molecule has 7 amide bonds. The number of cyclic esters (lactones) is 1. The van der Waals surface area contributed by atoms with Crippen LogP contribution in [0.1, 0.15) is 118 Å². The average Bonchev–Trinajstić information content (AvgIpc) is 1.61. The number of pyridine rings is 2. The quantitative estimate of drug-likeness (QED) is 0.0205. The highest BCUT2D eigenvalue weighted by Crippen LogP contribution is 2.45. The number of alkyl carbamates (subject to hydrolysis) is 1. The van der Waals surface area contributed by atoms with E-state index in [0.29, 0.717) is 27.9 Å². The van der Waals surface area contributed by atoms with Crippen LogP contribution in [0, 0.1) is 11.6 Å². The Morgan fingerprint density at radius 3 is 2.05 bits per heavy atom. The lowest BCUT2D eigenvalue weighted by Gasteiger charge is -2.31. The van der Waals surface area contributed by atoms with E-state index in [1.165, 1.54) is 15.5 Å². The summed E-state index contributed by atoms with van der Waals surface area (Å²) in [6, 6.07) is 31.3. The van der Waals surface area contributed by atoms with E-state index in [1.807, 2.05) is 48.5 Å². The van der Waals surface area contributed by atoms with Crippen LogP contribution in [0.3, 0.4) is 0 Å². The van der Waals surface area contributed by atoms with Crippen LogP contribution in [0.2, 0.25) is 0 Å². The van der Waals surface area contributed by atoms with Crippen molar-refractivity contribution >= 4 is 70.3 Å². The number of halogens is 2. The summed E-state index contributed by atoms with van der Waals surface area (Å²) >= 11 is 0. The van der Waals surface area contributed by atoms with Gasteiger partial charge in [0, 0.05) is 59.6 Å². The van der Waals surface area contributed by atoms with Crippen molar-refractivity contribution in [1.29, 1.82) is 0 Å². The number of rotatable bonds is 26. The van der Waals surface area contributed by atoms with Crippen molar-refractivity contribution in [3.8, 4) is 22.5 Å². The van der Waals surface area contributed by atoms with E-state index in [9.17, 15) is 61.8 Å². The number of nitrogens with one attached hydrogen (secondary N) is 6. The first-order chi connectivity index (χ1) is 47.3. The summed E-state index contributed by atoms with van der Waals surface area (Å²) in [5, 5.41) is 26.9. The number of hydrogen-bond acceptors (Lipinski definition) is 16. The number of aliphatic hydroxyl groups is 1. The Morgan fingerprint density at radius 1 is 0.747 bits per heavy atom. The molecule has 3 atom stereocenters. The summed E-state index contributed by atoms with van der Waals surface area (Å²) in [7, 11) is 0. The largest absolute Gasteiger partial charge is 0.460 e. The summed E-state index contributed by atoms with van der Waals surface area (Å²) in [5.41, 5.74) is 4.01. The molecule has 0 unspecified atom stereocenters. The first-order valence-electron chi connectivity index (χ1n) is 32.6. The molecule has 2 aliphatic heterocycles. The van der Waals surface area contributed by atoms with Gasteiger partial charge in [-0.2, -0.15) is 0 Å². The van der Waals surface area contributed by atoms with Gasteiger partial charge in [0.1, 0.15) is 37.5 Å². The Bertz CT molecular complexity index is 4300. The van der Waals surface area contributed by atoms with Crippen molar-refractivity contribution in [3.63, 3.8) is 0 Å². The fourth-order valence-electron chi connectivity index (χ4n) is 12.4. The molecule has 0 saturated carbocycles. The molecule has 99 heavy (non-hydrogen) atoms. The molecule has 0 saturated heterocycles. The van der Waals surface area contributed by atoms with E-state index in [4.69, 9.17) is 18.9 Å². The number of fused-ring (bicyclic) bond motifs is 8. The molecular weight excluding hydrogens is 1280 g/mol. The van der Waals surface area contributed by atoms with Crippen LogP contribution in [0.15, 0.2) is 126 Å². The van der Waals surface area contributed by atoms with Gasteiger partial charge in [0.05, 0.1) is 48.6 Å². The van der Waals surface area contributed by atoms with Gasteiger partial charge in [-0.3, -0.25) is 33.6 Å². The van der Waals surface area contributed by atoms with Crippen LogP contribution < -0.4 is 37.5 Å². The van der Waals surface area contributed by atoms with E-state index in [0.717, 1.165) is 34.4 Å². The summed E-state index contributed by atoms with van der Waals surface area (Å²) in [5.74, 6) is -7.61. The number of anilines is 1. The highest BCUT2D eigenvalue weighted by molar-refractivity contribution is 5.97. The Labute approximate surface area is 568 Å². The summed E-state index contributed by atoms with van der Waals surface area (Å²) < 4.78 is 53.2. The van der Waals surface area contributed by atoms with Gasteiger partial charge in [0.2, 0.25) is 29.5 Å². The van der Waals surface area contributed by atoms with Crippen LogP contribution >= 0.6 is 0 Å². The van der Waals surface area contributed by atoms with Gasteiger partial charge in [-0.25, -0.2) is 28.1 Å². The van der Waals surface area contributed by atoms with E-state index in [1.54, 1.807) is 96.1 Å². The highest BCUT2D eigenvalue weighted by atomic mass is 19.2. The molecule has 4 heterocycles. The molecule has 10 rings (SSSR count). The smallest absolute Gasteiger partial charge is 0.410 e. The molecule has 0 radical (unpaired) electrons. The van der Waals surface area contributed by atoms with Gasteiger partial charge in [-0.05, 0) is 124 Å². The van der Waals surface area contributed by atoms with Crippen molar-refractivity contribution in [3.05, 3.63) is 188 Å². The van der Waals surface area contributed by atoms with Crippen molar-refractivity contribution in [2.24, 2.45) is 0 Å². The molecule has 0 spiro atoms. The lowest BCUT2D eigenvalue weighted by molar-refractivity contribution is -0.172. The molecule has 26 heteroatoms. The average molecular weight is 1360 g/mol. The number of carbonyl (C=O) groups excluding carboxylic acids is 9. The monoisotopic (exact) mass is 1360 g/mol. The van der Waals surface area contributed by atoms with E-state index in [2.05, 4.69) is 36.9 Å². The minimum Gasteiger partial charge on any atom is -0.460 e. The van der Waals surface area contributed by atoms with E-state index < -0.39 is 120 Å². The van der Waals surface area contributed by atoms with Gasteiger partial charge in [0.15, 0.2) is 17.2 Å². The Morgan fingerprint density at radius 2 is 1.38 bits per heavy atom. The molecule has 518 valence electrons. The van der Waals surface area contributed by atoms with Gasteiger partial charge in [0.25, 0.3) is 5.56 Å². The molecule has 0 bridgehead atoms. The van der Waals surface area contributed by atoms with Crippen LogP contribution in [-0.2, 0) is 90.7 Å². The number of carbonyl (C=O) groups is 9. The highest BCUT2D eigenvalue weighted by Gasteiger charge is 2.46. The minimum absolute atomic E-state index is 0.00106. The van der Waals surface area contributed by atoms with Crippen LogP contribution in [0.4, 0.5) is 24.1 Å². The summed E-state index contributed by atoms with van der Waals surface area (Å²) in [6.07, 6.45) is -1.55. The van der Waals surface area contributed by atoms with Crippen molar-refractivity contribution < 1.29 is 76.0 Å². The van der Waals surface area contributed by atoms with E-state index >= 15 is 0 Å². The molecule has 7 aromatic rings. The zero-order chi connectivity index (χ0) is 70.9. The number of aromatic nitrogens is 2. The molecule has 0 fully saturated rings. The maximum atomic E-state index is 15.0. The Balaban J connectivity index is 0.697. The van der Waals surface area contributed by atoms with Crippen molar-refractivity contribution in [2.75, 3.05) is 38.1 Å². The normalized spacial score (nSPS) is 14.8. The van der Waals surface area contributed by atoms with E-state index in [-0.39, 0.29) is 111 Å². The fraction of sp³-hybridized carbons (Fsp3) is 0.356. The standard InChI is InChI=1S/C73H77F2N9O15/c1-7-73(95)54-32-60-65-51(37-84(60)68(91)53(54)40-96-69(73)92)49(50-31-55(74)56(75)33-58(50)81-65)28-29-83(41(2)3)71(94)98-38-43-24-26-44(27-25-43)79-62(86)36-78-67(90)59(30-42-16-9-8-10-17-42)80-63(87)35-76-61(85)34-77-66(89)57(22-15-23-64(88)99-72(4,5)6)82-70(93)97-39-52-47-20-13-11-18-45(47)46-19-12-14-21-48(46)52/h8-14,16-21,24-27,31-33,41,52,57,59,95H,7,15,22-23,28-30,34-40H2,1-6H3,(H,76,85)(H,77,89)(H,78,90)(H,79,86)(H,80,87)(H,82,93)/t57-,59-,73-/m0/s1. The lowest BCUT2D eigenvalue weighted by Crippen LogP contribution is -2.52. The Hall–Kier alpha value is -10.9. The number of benzene rings is 5. The summed E-state index contributed by atoms with van der Waals surface area (Å²) in [6.45, 7) is 7.96. The second kappa shape index (κ2) is 30.7. The Kier molecular flexibility index (Phi) is 22.0. The van der Waals surface area contributed by atoms with Crippen molar-refractivity contribution in [2.45, 2.75) is 135 Å². The SMILES string of the molecule is CC[C@@]1(O)C(=O)OCc2c1cc1n(c2=O)Cc2c-1nc1cc(F)c(F)cc1c2CCN(C(=O)OCc1ccc(NC(=O)CNC(=O)[C@H](Cc2ccccc2)NC(=O)CNC(=O)CNC(=O)[C@H](CCCC(=O)OC(C)(C)C)NC(=O)OCC2c3ccccc3-c3ccccc32)cc1)C(C)C. The molecule has 2 aromatic heterocycles. The first kappa shape index (κ1) is 70.9.